The van der Waals surface area contributed by atoms with E-state index in [-0.39, 0.29) is 12.5 Å². The normalized spacial score (nSPS) is 14.0. The summed E-state index contributed by atoms with van der Waals surface area (Å²) in [4.78, 5) is 18.6. The number of carbonyl (C=O) groups is 1. The van der Waals surface area contributed by atoms with E-state index in [1.54, 1.807) is 35.2 Å². The van der Waals surface area contributed by atoms with Crippen LogP contribution in [-0.2, 0) is 16.1 Å². The highest BCUT2D eigenvalue weighted by atomic mass is 16.5. The van der Waals surface area contributed by atoms with Crippen molar-refractivity contribution in [2.45, 2.75) is 6.54 Å². The van der Waals surface area contributed by atoms with E-state index in [4.69, 9.17) is 9.47 Å². The van der Waals surface area contributed by atoms with Crippen molar-refractivity contribution in [3.8, 4) is 17.0 Å². The zero-order valence-electron chi connectivity index (χ0n) is 17.6. The van der Waals surface area contributed by atoms with Crippen LogP contribution in [0.2, 0.25) is 0 Å². The Morgan fingerprint density at radius 1 is 1.12 bits per heavy atom. The number of hydrogen-bond acceptors (Lipinski definition) is 7. The van der Waals surface area contributed by atoms with Crippen molar-refractivity contribution < 1.29 is 14.3 Å². The number of methoxy groups -OCH3 is 1. The highest BCUT2D eigenvalue weighted by molar-refractivity contribution is 5.76. The molecule has 10 heteroatoms. The lowest BCUT2D eigenvalue weighted by Crippen LogP contribution is -2.42. The van der Waals surface area contributed by atoms with Crippen LogP contribution in [0.25, 0.3) is 16.8 Å². The molecular formula is C22H23N7O3. The van der Waals surface area contributed by atoms with Crippen LogP contribution in [0.1, 0.15) is 0 Å². The predicted molar refractivity (Wildman–Crippen MR) is 118 cm³/mol. The number of ether oxygens (including phenoxy) is 2. The van der Waals surface area contributed by atoms with Crippen molar-refractivity contribution in [1.82, 2.24) is 29.3 Å². The van der Waals surface area contributed by atoms with Gasteiger partial charge in [-0.05, 0) is 24.3 Å². The van der Waals surface area contributed by atoms with Crippen LogP contribution in [-0.4, -0.2) is 68.6 Å². The number of anilines is 2. The minimum atomic E-state index is 0.0226. The van der Waals surface area contributed by atoms with Crippen molar-refractivity contribution in [1.29, 1.82) is 0 Å². The zero-order chi connectivity index (χ0) is 21.9. The molecule has 0 aliphatic carbocycles. The van der Waals surface area contributed by atoms with Crippen LogP contribution >= 0.6 is 0 Å². The highest BCUT2D eigenvalue weighted by Gasteiger charge is 2.17. The minimum Gasteiger partial charge on any atom is -0.496 e. The lowest BCUT2D eigenvalue weighted by Gasteiger charge is -2.26. The number of aromatic nitrogens is 5. The number of benzene rings is 1. The molecule has 0 atom stereocenters. The second-order valence-electron chi connectivity index (χ2n) is 7.35. The molecule has 1 fully saturated rings. The first-order valence-electron chi connectivity index (χ1n) is 10.4. The van der Waals surface area contributed by atoms with Gasteiger partial charge in [0.15, 0.2) is 5.82 Å². The summed E-state index contributed by atoms with van der Waals surface area (Å²) >= 11 is 0. The van der Waals surface area contributed by atoms with Gasteiger partial charge in [-0.1, -0.05) is 12.1 Å². The summed E-state index contributed by atoms with van der Waals surface area (Å²) < 4.78 is 14.2. The number of carbonyl (C=O) groups excluding carboxylic acids is 1. The van der Waals surface area contributed by atoms with Gasteiger partial charge in [0, 0.05) is 30.9 Å². The molecule has 1 amide bonds. The van der Waals surface area contributed by atoms with Crippen molar-refractivity contribution in [2.24, 2.45) is 0 Å². The number of nitrogens with one attached hydrogen (secondary N) is 1. The number of morpholine rings is 1. The number of hydrogen-bond donors (Lipinski definition) is 1. The molecule has 0 spiro atoms. The van der Waals surface area contributed by atoms with Gasteiger partial charge < -0.3 is 19.7 Å². The molecule has 0 unspecified atom stereocenters. The van der Waals surface area contributed by atoms with E-state index in [9.17, 15) is 4.79 Å². The Hall–Kier alpha value is -3.92. The molecule has 3 aromatic heterocycles. The van der Waals surface area contributed by atoms with Crippen LogP contribution in [0.4, 0.5) is 11.8 Å². The fraction of sp³-hybridized carbons (Fsp3) is 0.273. The van der Waals surface area contributed by atoms with Gasteiger partial charge in [0.25, 0.3) is 0 Å². The van der Waals surface area contributed by atoms with Crippen molar-refractivity contribution in [3.05, 3.63) is 54.9 Å². The molecule has 1 aliphatic heterocycles. The summed E-state index contributed by atoms with van der Waals surface area (Å²) in [5.74, 6) is 1.75. The third-order valence-corrected chi connectivity index (χ3v) is 5.32. The first-order valence-corrected chi connectivity index (χ1v) is 10.4. The smallest absolute Gasteiger partial charge is 0.246 e. The molecule has 1 aromatic carbocycles. The van der Waals surface area contributed by atoms with Crippen LogP contribution in [0.15, 0.2) is 54.9 Å². The summed E-state index contributed by atoms with van der Waals surface area (Å²) in [5, 5.41) is 12.2. The highest BCUT2D eigenvalue weighted by Crippen LogP contribution is 2.30. The van der Waals surface area contributed by atoms with Crippen LogP contribution in [0.5, 0.6) is 5.75 Å². The molecule has 0 bridgehead atoms. The van der Waals surface area contributed by atoms with E-state index in [2.05, 4.69) is 20.5 Å². The van der Waals surface area contributed by atoms with Gasteiger partial charge in [0.05, 0.1) is 37.7 Å². The van der Waals surface area contributed by atoms with E-state index >= 15 is 0 Å². The number of rotatable bonds is 6. The average Bonchev–Trinajstić information content (AvgIpc) is 3.46. The molecule has 5 rings (SSSR count). The maximum atomic E-state index is 12.4. The Morgan fingerprint density at radius 3 is 2.81 bits per heavy atom. The van der Waals surface area contributed by atoms with Crippen molar-refractivity contribution in [2.75, 3.05) is 38.7 Å². The summed E-state index contributed by atoms with van der Waals surface area (Å²) in [5.41, 5.74) is 2.69. The number of amides is 1. The van der Waals surface area contributed by atoms with Crippen molar-refractivity contribution >= 4 is 23.2 Å². The summed E-state index contributed by atoms with van der Waals surface area (Å²) in [6.07, 6.45) is 3.50. The van der Waals surface area contributed by atoms with Crippen molar-refractivity contribution in [3.63, 3.8) is 0 Å². The van der Waals surface area contributed by atoms with Gasteiger partial charge in [0.1, 0.15) is 12.3 Å². The second-order valence-corrected chi connectivity index (χ2v) is 7.35. The molecule has 10 nitrogen and oxygen atoms in total. The number of fused-ring (bicyclic) bond motifs is 1. The predicted octanol–water partition coefficient (Wildman–Crippen LogP) is 2.20. The van der Waals surface area contributed by atoms with Gasteiger partial charge in [-0.15, -0.1) is 5.10 Å². The Balaban J connectivity index is 1.34. The standard InChI is InChI=1S/C22H23N7O3/c1-31-19-5-3-2-4-17(19)18-7-6-16-14-23-22(26-29(16)18)24-20-8-9-28(25-20)15-21(30)27-10-12-32-13-11-27/h2-9,14H,10-13,15H2,1H3,(H,24,25,26). The Kier molecular flexibility index (Phi) is 5.42. The summed E-state index contributed by atoms with van der Waals surface area (Å²) in [7, 11) is 1.65. The molecule has 1 N–H and O–H groups in total. The van der Waals surface area contributed by atoms with Gasteiger partial charge in [-0.3, -0.25) is 9.48 Å². The van der Waals surface area contributed by atoms with E-state index in [1.165, 1.54) is 0 Å². The first kappa shape index (κ1) is 20.0. The molecule has 4 aromatic rings. The Morgan fingerprint density at radius 2 is 1.97 bits per heavy atom. The molecule has 1 aliphatic rings. The molecule has 4 heterocycles. The molecule has 1 saturated heterocycles. The molecule has 0 saturated carbocycles. The monoisotopic (exact) mass is 433 g/mol. The topological polar surface area (TPSA) is 98.8 Å². The SMILES string of the molecule is COc1ccccc1-c1ccc2cnc(Nc3ccn(CC(=O)N4CCOCC4)n3)nn12. The van der Waals surface area contributed by atoms with E-state index in [0.29, 0.717) is 38.1 Å². The van der Waals surface area contributed by atoms with Crippen LogP contribution in [0.3, 0.4) is 0 Å². The number of nitrogens with zero attached hydrogens (tertiary/aromatic N) is 6. The summed E-state index contributed by atoms with van der Waals surface area (Å²) in [6, 6.07) is 13.5. The lowest BCUT2D eigenvalue weighted by atomic mass is 10.1. The fourth-order valence-corrected chi connectivity index (χ4v) is 3.70. The lowest BCUT2D eigenvalue weighted by molar-refractivity contribution is -0.136. The molecular weight excluding hydrogens is 410 g/mol. The largest absolute Gasteiger partial charge is 0.496 e. The van der Waals surface area contributed by atoms with Crippen LogP contribution < -0.4 is 10.1 Å². The maximum absolute atomic E-state index is 12.4. The van der Waals surface area contributed by atoms with E-state index < -0.39 is 0 Å². The van der Waals surface area contributed by atoms with Gasteiger partial charge in [-0.2, -0.15) is 5.10 Å². The second kappa shape index (κ2) is 8.67. The first-order chi connectivity index (χ1) is 15.7. The Bertz CT molecular complexity index is 1240. The maximum Gasteiger partial charge on any atom is 0.246 e. The van der Waals surface area contributed by atoms with E-state index in [1.807, 2.05) is 40.9 Å². The van der Waals surface area contributed by atoms with Crippen LogP contribution in [0, 0.1) is 0 Å². The van der Waals surface area contributed by atoms with Gasteiger partial charge in [-0.25, -0.2) is 9.50 Å². The number of para-hydroxylation sites is 1. The molecule has 0 radical (unpaired) electrons. The summed E-state index contributed by atoms with van der Waals surface area (Å²) in [6.45, 7) is 2.56. The van der Waals surface area contributed by atoms with E-state index in [0.717, 1.165) is 22.5 Å². The third kappa shape index (κ3) is 4.00. The fourth-order valence-electron chi connectivity index (χ4n) is 3.70. The third-order valence-electron chi connectivity index (χ3n) is 5.32. The zero-order valence-corrected chi connectivity index (χ0v) is 17.6. The molecule has 32 heavy (non-hydrogen) atoms. The Labute approximate surface area is 184 Å². The average molecular weight is 433 g/mol. The molecule has 164 valence electrons. The quantitative estimate of drug-likeness (QED) is 0.498. The van der Waals surface area contributed by atoms with Gasteiger partial charge >= 0.3 is 0 Å². The minimum absolute atomic E-state index is 0.0226. The van der Waals surface area contributed by atoms with Gasteiger partial charge in [0.2, 0.25) is 11.9 Å².